The van der Waals surface area contributed by atoms with E-state index in [0.717, 1.165) is 6.07 Å². The summed E-state index contributed by atoms with van der Waals surface area (Å²) in [4.78, 5) is 25.2. The molecule has 0 radical (unpaired) electrons. The standard InChI is InChI=1S/C19H17ClF6N6O/c1-11(15(30-10-27)31-17-28-4-2-5-29-17)32(6-3-18(21,22)23)16(33)12-7-13(19(24,25)26)9-14(20)8-12/h2,4-5,7-11H,3,6H2,1H3,(H2,27,28,29,30,31). The van der Waals surface area contributed by atoms with Crippen molar-refractivity contribution in [2.45, 2.75) is 31.7 Å². The van der Waals surface area contributed by atoms with Gasteiger partial charge in [-0.3, -0.25) is 10.2 Å². The van der Waals surface area contributed by atoms with Gasteiger partial charge in [-0.25, -0.2) is 15.0 Å². The highest BCUT2D eigenvalue weighted by Gasteiger charge is 2.35. The maximum Gasteiger partial charge on any atom is 0.416 e. The fraction of sp³-hybridized carbons (Fsp3) is 0.316. The molecule has 0 saturated carbocycles. The van der Waals surface area contributed by atoms with Crippen LogP contribution in [0.4, 0.5) is 32.3 Å². The summed E-state index contributed by atoms with van der Waals surface area (Å²) in [7, 11) is 0. The Morgan fingerprint density at radius 2 is 1.85 bits per heavy atom. The molecule has 0 aliphatic carbocycles. The average Bonchev–Trinajstić information content (AvgIpc) is 2.72. The zero-order chi connectivity index (χ0) is 24.8. The number of nitrogens with zero attached hydrogens (tertiary/aromatic N) is 4. The number of hydrogen-bond donors (Lipinski definition) is 2. The number of rotatable bonds is 7. The van der Waals surface area contributed by atoms with Gasteiger partial charge in [0, 0.05) is 29.5 Å². The van der Waals surface area contributed by atoms with E-state index in [1.165, 1.54) is 25.4 Å². The van der Waals surface area contributed by atoms with E-state index < -0.39 is 53.4 Å². The maximum atomic E-state index is 13.1. The first kappa shape index (κ1) is 26.0. The predicted molar refractivity (Wildman–Crippen MR) is 109 cm³/mol. The second-order valence-corrected chi connectivity index (χ2v) is 7.04. The number of aromatic nitrogens is 2. The first-order valence-electron chi connectivity index (χ1n) is 9.18. The molecule has 2 rings (SSSR count). The molecule has 33 heavy (non-hydrogen) atoms. The number of carbonyl (C=O) groups is 1. The van der Waals surface area contributed by atoms with Crippen LogP contribution in [-0.2, 0) is 6.18 Å². The highest BCUT2D eigenvalue weighted by Crippen LogP contribution is 2.32. The van der Waals surface area contributed by atoms with Crippen LogP contribution in [-0.4, -0.2) is 51.7 Å². The van der Waals surface area contributed by atoms with Gasteiger partial charge in [-0.15, -0.1) is 0 Å². The van der Waals surface area contributed by atoms with Crippen LogP contribution >= 0.6 is 11.6 Å². The first-order valence-corrected chi connectivity index (χ1v) is 9.56. The molecule has 14 heteroatoms. The zero-order valence-electron chi connectivity index (χ0n) is 16.9. The number of anilines is 1. The van der Waals surface area contributed by atoms with E-state index in [4.69, 9.17) is 17.0 Å². The summed E-state index contributed by atoms with van der Waals surface area (Å²) < 4.78 is 78.2. The van der Waals surface area contributed by atoms with Gasteiger partial charge in [-0.1, -0.05) is 11.6 Å². The predicted octanol–water partition coefficient (Wildman–Crippen LogP) is 5.05. The molecular formula is C19H17ClF6N6O. The Balaban J connectivity index is 2.46. The number of amidine groups is 1. The Morgan fingerprint density at radius 1 is 1.21 bits per heavy atom. The molecule has 1 aromatic carbocycles. The highest BCUT2D eigenvalue weighted by atomic mass is 35.5. The van der Waals surface area contributed by atoms with Crippen LogP contribution in [0.3, 0.4) is 0 Å². The van der Waals surface area contributed by atoms with E-state index in [2.05, 4.69) is 20.3 Å². The quantitative estimate of drug-likeness (QED) is 0.320. The smallest absolute Gasteiger partial charge is 0.328 e. The molecule has 0 fully saturated rings. The zero-order valence-corrected chi connectivity index (χ0v) is 17.6. The monoisotopic (exact) mass is 494 g/mol. The van der Waals surface area contributed by atoms with Crippen LogP contribution in [0, 0.1) is 5.41 Å². The molecule has 2 N–H and O–H groups in total. The minimum Gasteiger partial charge on any atom is -0.328 e. The van der Waals surface area contributed by atoms with E-state index in [-0.39, 0.29) is 11.8 Å². The molecule has 0 aliphatic rings. The number of amides is 1. The summed E-state index contributed by atoms with van der Waals surface area (Å²) in [6, 6.07) is 2.28. The van der Waals surface area contributed by atoms with Crippen molar-refractivity contribution in [2.24, 2.45) is 4.99 Å². The number of alkyl halides is 6. The molecule has 0 aliphatic heterocycles. The topological polar surface area (TPSA) is 94.3 Å². The minimum atomic E-state index is -4.83. The number of nitrogens with one attached hydrogen (secondary N) is 2. The Hall–Kier alpha value is -3.22. The van der Waals surface area contributed by atoms with Gasteiger partial charge in [0.1, 0.15) is 12.2 Å². The van der Waals surface area contributed by atoms with Crippen molar-refractivity contribution in [3.8, 4) is 0 Å². The van der Waals surface area contributed by atoms with E-state index in [0.29, 0.717) is 23.4 Å². The number of hydrogen-bond acceptors (Lipinski definition) is 4. The second-order valence-electron chi connectivity index (χ2n) is 6.61. The maximum absolute atomic E-state index is 13.1. The summed E-state index contributed by atoms with van der Waals surface area (Å²) >= 11 is 5.72. The Morgan fingerprint density at radius 3 is 2.39 bits per heavy atom. The van der Waals surface area contributed by atoms with Crippen LogP contribution in [0.2, 0.25) is 5.02 Å². The van der Waals surface area contributed by atoms with Crippen molar-refractivity contribution in [1.29, 1.82) is 5.41 Å². The fourth-order valence-electron chi connectivity index (χ4n) is 2.70. The molecule has 2 aromatic rings. The van der Waals surface area contributed by atoms with Gasteiger partial charge in [0.2, 0.25) is 5.95 Å². The largest absolute Gasteiger partial charge is 0.416 e. The molecule has 1 aromatic heterocycles. The highest BCUT2D eigenvalue weighted by molar-refractivity contribution is 6.31. The lowest BCUT2D eigenvalue weighted by Gasteiger charge is -2.31. The van der Waals surface area contributed by atoms with E-state index in [1.807, 2.05) is 0 Å². The van der Waals surface area contributed by atoms with Crippen molar-refractivity contribution < 1.29 is 31.1 Å². The van der Waals surface area contributed by atoms with Crippen LogP contribution in [0.5, 0.6) is 0 Å². The fourth-order valence-corrected chi connectivity index (χ4v) is 2.94. The molecule has 1 unspecified atom stereocenters. The van der Waals surface area contributed by atoms with Gasteiger partial charge in [0.25, 0.3) is 5.91 Å². The Labute approximate surface area is 189 Å². The molecule has 1 atom stereocenters. The third kappa shape index (κ3) is 7.70. The van der Waals surface area contributed by atoms with Crippen molar-refractivity contribution in [3.05, 3.63) is 52.8 Å². The molecular weight excluding hydrogens is 478 g/mol. The lowest BCUT2D eigenvalue weighted by Crippen LogP contribution is -2.47. The Kier molecular flexibility index (Phi) is 8.36. The van der Waals surface area contributed by atoms with Crippen LogP contribution in [0.1, 0.15) is 29.3 Å². The summed E-state index contributed by atoms with van der Waals surface area (Å²) in [5.74, 6) is -1.34. The molecule has 7 nitrogen and oxygen atoms in total. The van der Waals surface area contributed by atoms with E-state index >= 15 is 0 Å². The first-order chi connectivity index (χ1) is 15.3. The van der Waals surface area contributed by atoms with E-state index in [9.17, 15) is 31.1 Å². The van der Waals surface area contributed by atoms with E-state index in [1.54, 1.807) is 0 Å². The summed E-state index contributed by atoms with van der Waals surface area (Å²) in [6.45, 7) is 0.396. The minimum absolute atomic E-state index is 0.0183. The van der Waals surface area contributed by atoms with Crippen LogP contribution in [0.15, 0.2) is 41.7 Å². The molecule has 1 heterocycles. The van der Waals surface area contributed by atoms with Gasteiger partial charge in [-0.2, -0.15) is 26.3 Å². The van der Waals surface area contributed by atoms with Gasteiger partial charge in [0.15, 0.2) is 0 Å². The van der Waals surface area contributed by atoms with Crippen molar-refractivity contribution >= 4 is 35.6 Å². The second kappa shape index (κ2) is 10.6. The lowest BCUT2D eigenvalue weighted by atomic mass is 10.1. The molecule has 0 bridgehead atoms. The lowest BCUT2D eigenvalue weighted by molar-refractivity contribution is -0.138. The number of aliphatic imine (C=N–C) groups is 1. The molecule has 1 amide bonds. The summed E-state index contributed by atoms with van der Waals surface area (Å²) in [5, 5.41) is 9.40. The summed E-state index contributed by atoms with van der Waals surface area (Å²) in [5.41, 5.74) is -1.79. The van der Waals surface area contributed by atoms with Crippen LogP contribution in [0.25, 0.3) is 0 Å². The normalized spacial score (nSPS) is 13.4. The van der Waals surface area contributed by atoms with Gasteiger partial charge >= 0.3 is 12.4 Å². The molecule has 0 saturated heterocycles. The van der Waals surface area contributed by atoms with Crippen LogP contribution < -0.4 is 5.32 Å². The van der Waals surface area contributed by atoms with Gasteiger partial charge < -0.3 is 10.2 Å². The number of benzene rings is 1. The third-order valence-electron chi connectivity index (χ3n) is 4.24. The molecule has 0 spiro atoms. The number of carbonyl (C=O) groups excluding carboxylic acids is 1. The van der Waals surface area contributed by atoms with Crippen molar-refractivity contribution in [3.63, 3.8) is 0 Å². The SMILES string of the molecule is CC(/C(=N/C=N)Nc1ncccn1)N(CCC(F)(F)F)C(=O)c1cc(Cl)cc(C(F)(F)F)c1. The molecule has 178 valence electrons. The van der Waals surface area contributed by atoms with Gasteiger partial charge in [0.05, 0.1) is 18.0 Å². The average molecular weight is 495 g/mol. The van der Waals surface area contributed by atoms with Crippen molar-refractivity contribution in [1.82, 2.24) is 14.9 Å². The third-order valence-corrected chi connectivity index (χ3v) is 4.46. The number of halogens is 7. The van der Waals surface area contributed by atoms with Gasteiger partial charge in [-0.05, 0) is 31.2 Å². The Bertz CT molecular complexity index is 1010. The van der Waals surface area contributed by atoms with Crippen molar-refractivity contribution in [2.75, 3.05) is 11.9 Å². The summed E-state index contributed by atoms with van der Waals surface area (Å²) in [6.07, 6.45) is -7.62.